The molecule has 88 valence electrons. The highest BCUT2D eigenvalue weighted by Crippen LogP contribution is 2.17. The molecular formula is C14H15NO2. The van der Waals surface area contributed by atoms with Gasteiger partial charge in [-0.1, -0.05) is 13.2 Å². The summed E-state index contributed by atoms with van der Waals surface area (Å²) >= 11 is 0. The van der Waals surface area contributed by atoms with Gasteiger partial charge in [0.25, 0.3) is 0 Å². The summed E-state index contributed by atoms with van der Waals surface area (Å²) in [6.45, 7) is 8.69. The first kappa shape index (κ1) is 12.8. The average molecular weight is 229 g/mol. The molecule has 0 spiro atoms. The van der Waals surface area contributed by atoms with Gasteiger partial charge in [-0.2, -0.15) is 0 Å². The van der Waals surface area contributed by atoms with Crippen molar-refractivity contribution in [2.75, 3.05) is 5.73 Å². The van der Waals surface area contributed by atoms with Crippen molar-refractivity contribution < 1.29 is 9.53 Å². The first-order chi connectivity index (χ1) is 8.02. The van der Waals surface area contributed by atoms with Crippen LogP contribution in [0.15, 0.2) is 60.9 Å². The Hall–Kier alpha value is -2.29. The number of nitrogen functional groups attached to an aromatic ring is 1. The Bertz CT molecular complexity index is 470. The third-order valence-electron chi connectivity index (χ3n) is 2.09. The number of ether oxygens (including phenoxy) is 1. The Morgan fingerprint density at radius 1 is 1.35 bits per heavy atom. The molecule has 0 aliphatic heterocycles. The lowest BCUT2D eigenvalue weighted by molar-refractivity contribution is -0.113. The van der Waals surface area contributed by atoms with E-state index < -0.39 is 0 Å². The molecule has 0 saturated carbocycles. The normalized spacial score (nSPS) is 10.8. The van der Waals surface area contributed by atoms with E-state index >= 15 is 0 Å². The second-order valence-corrected chi connectivity index (χ2v) is 3.50. The molecule has 0 atom stereocenters. The molecule has 1 rings (SSSR count). The van der Waals surface area contributed by atoms with Crippen LogP contribution in [0.1, 0.15) is 6.92 Å². The number of allylic oxidation sites excluding steroid dienone is 3. The zero-order valence-corrected chi connectivity index (χ0v) is 9.77. The molecule has 0 radical (unpaired) electrons. The third kappa shape index (κ3) is 3.99. The maximum absolute atomic E-state index is 11.0. The topological polar surface area (TPSA) is 52.3 Å². The van der Waals surface area contributed by atoms with Crippen LogP contribution in [-0.2, 0) is 4.79 Å². The third-order valence-corrected chi connectivity index (χ3v) is 2.09. The van der Waals surface area contributed by atoms with Crippen molar-refractivity contribution in [1.82, 2.24) is 0 Å². The van der Waals surface area contributed by atoms with Crippen LogP contribution in [0, 0.1) is 0 Å². The molecule has 0 aliphatic rings. The van der Waals surface area contributed by atoms with Crippen LogP contribution in [-0.4, -0.2) is 5.78 Å². The van der Waals surface area contributed by atoms with Crippen LogP contribution < -0.4 is 10.5 Å². The second-order valence-electron chi connectivity index (χ2n) is 3.50. The number of anilines is 1. The fourth-order valence-corrected chi connectivity index (χ4v) is 1.08. The van der Waals surface area contributed by atoms with Crippen LogP contribution in [0.4, 0.5) is 5.69 Å². The minimum atomic E-state index is -0.106. The van der Waals surface area contributed by atoms with Gasteiger partial charge in [0.05, 0.1) is 0 Å². The molecule has 3 nitrogen and oxygen atoms in total. The van der Waals surface area contributed by atoms with Gasteiger partial charge in [0.1, 0.15) is 11.5 Å². The molecule has 17 heavy (non-hydrogen) atoms. The molecule has 0 amide bonds. The van der Waals surface area contributed by atoms with E-state index in [1.807, 2.05) is 0 Å². The molecule has 0 aromatic heterocycles. The second kappa shape index (κ2) is 5.70. The van der Waals surface area contributed by atoms with Gasteiger partial charge in [-0.3, -0.25) is 4.79 Å². The molecule has 0 saturated heterocycles. The largest absolute Gasteiger partial charge is 0.457 e. The summed E-state index contributed by atoms with van der Waals surface area (Å²) in [5.41, 5.74) is 6.59. The average Bonchev–Trinajstić information content (AvgIpc) is 2.30. The van der Waals surface area contributed by atoms with Crippen LogP contribution in [0.25, 0.3) is 0 Å². The van der Waals surface area contributed by atoms with E-state index in [9.17, 15) is 4.79 Å². The zero-order valence-electron chi connectivity index (χ0n) is 9.77. The minimum absolute atomic E-state index is 0.106. The standard InChI is InChI=1S/C14H15NO2/c1-4-13(9-10(2)11(3)16)17-14-7-5-12(15)6-8-14/h4-9H,1-2,15H2,3H3/b13-9+. The molecule has 0 aliphatic carbocycles. The predicted octanol–water partition coefficient (Wildman–Crippen LogP) is 2.86. The highest BCUT2D eigenvalue weighted by atomic mass is 16.5. The molecule has 3 heteroatoms. The lowest BCUT2D eigenvalue weighted by Crippen LogP contribution is -1.97. The summed E-state index contributed by atoms with van der Waals surface area (Å²) in [7, 11) is 0. The first-order valence-electron chi connectivity index (χ1n) is 5.10. The van der Waals surface area contributed by atoms with Gasteiger partial charge < -0.3 is 10.5 Å². The number of hydrogen-bond acceptors (Lipinski definition) is 3. The number of carbonyl (C=O) groups excluding carboxylic acids is 1. The summed E-state index contributed by atoms with van der Waals surface area (Å²) < 4.78 is 5.51. The van der Waals surface area contributed by atoms with Gasteiger partial charge in [0, 0.05) is 11.3 Å². The van der Waals surface area contributed by atoms with Crippen molar-refractivity contribution >= 4 is 11.5 Å². The Morgan fingerprint density at radius 3 is 2.41 bits per heavy atom. The maximum atomic E-state index is 11.0. The van der Waals surface area contributed by atoms with Crippen molar-refractivity contribution in [2.24, 2.45) is 0 Å². The Balaban J connectivity index is 2.83. The van der Waals surface area contributed by atoms with Gasteiger partial charge in [-0.15, -0.1) is 0 Å². The summed E-state index contributed by atoms with van der Waals surface area (Å²) in [5.74, 6) is 0.988. The van der Waals surface area contributed by atoms with E-state index in [0.717, 1.165) is 0 Å². The number of nitrogens with two attached hydrogens (primary N) is 1. The molecule has 0 fully saturated rings. The van der Waals surface area contributed by atoms with E-state index in [0.29, 0.717) is 22.8 Å². The molecule has 0 bridgehead atoms. The van der Waals surface area contributed by atoms with Crippen molar-refractivity contribution in [3.63, 3.8) is 0 Å². The number of Topliss-reactive ketones (excluding diaryl/α,β-unsaturated/α-hetero) is 1. The summed E-state index contributed by atoms with van der Waals surface area (Å²) in [5, 5.41) is 0. The van der Waals surface area contributed by atoms with Crippen molar-refractivity contribution in [3.8, 4) is 5.75 Å². The molecule has 2 N–H and O–H groups in total. The van der Waals surface area contributed by atoms with Crippen LogP contribution in [0.5, 0.6) is 5.75 Å². The van der Waals surface area contributed by atoms with E-state index in [1.54, 1.807) is 30.3 Å². The minimum Gasteiger partial charge on any atom is -0.457 e. The highest BCUT2D eigenvalue weighted by molar-refractivity contribution is 5.95. The van der Waals surface area contributed by atoms with E-state index in [4.69, 9.17) is 10.5 Å². The SMILES string of the molecule is C=C/C(=C\C(=C)C(C)=O)Oc1ccc(N)cc1. The fourth-order valence-electron chi connectivity index (χ4n) is 1.08. The number of hydrogen-bond donors (Lipinski definition) is 1. The van der Waals surface area contributed by atoms with Crippen molar-refractivity contribution in [2.45, 2.75) is 6.92 Å². The van der Waals surface area contributed by atoms with Crippen LogP contribution in [0.2, 0.25) is 0 Å². The molecule has 0 unspecified atom stereocenters. The number of benzene rings is 1. The maximum Gasteiger partial charge on any atom is 0.159 e. The smallest absolute Gasteiger partial charge is 0.159 e. The van der Waals surface area contributed by atoms with Crippen LogP contribution >= 0.6 is 0 Å². The quantitative estimate of drug-likeness (QED) is 0.365. The molecule has 0 heterocycles. The fraction of sp³-hybridized carbons (Fsp3) is 0.0714. The summed E-state index contributed by atoms with van der Waals surface area (Å²) in [6.07, 6.45) is 3.07. The predicted molar refractivity (Wildman–Crippen MR) is 69.6 cm³/mol. The van der Waals surface area contributed by atoms with Gasteiger partial charge in [0.15, 0.2) is 5.78 Å². The Labute approximate surface area is 101 Å². The van der Waals surface area contributed by atoms with E-state index in [1.165, 1.54) is 13.0 Å². The molecule has 1 aromatic rings. The number of ketones is 1. The van der Waals surface area contributed by atoms with Crippen molar-refractivity contribution in [3.05, 3.63) is 60.9 Å². The zero-order chi connectivity index (χ0) is 12.8. The molecule has 1 aromatic carbocycles. The van der Waals surface area contributed by atoms with Crippen LogP contribution in [0.3, 0.4) is 0 Å². The van der Waals surface area contributed by atoms with E-state index in [-0.39, 0.29) is 5.78 Å². The first-order valence-corrected chi connectivity index (χ1v) is 5.10. The highest BCUT2D eigenvalue weighted by Gasteiger charge is 2.01. The summed E-state index contributed by atoms with van der Waals surface area (Å²) in [6, 6.07) is 6.94. The van der Waals surface area contributed by atoms with Gasteiger partial charge in [-0.05, 0) is 43.3 Å². The lowest BCUT2D eigenvalue weighted by atomic mass is 10.2. The number of carbonyl (C=O) groups is 1. The van der Waals surface area contributed by atoms with Gasteiger partial charge in [-0.25, -0.2) is 0 Å². The van der Waals surface area contributed by atoms with Crippen molar-refractivity contribution in [1.29, 1.82) is 0 Å². The Kier molecular flexibility index (Phi) is 4.29. The molecular weight excluding hydrogens is 214 g/mol. The lowest BCUT2D eigenvalue weighted by Gasteiger charge is -2.06. The Morgan fingerprint density at radius 2 is 1.94 bits per heavy atom. The summed E-state index contributed by atoms with van der Waals surface area (Å²) in [4.78, 5) is 11.0. The van der Waals surface area contributed by atoms with E-state index in [2.05, 4.69) is 13.2 Å². The monoisotopic (exact) mass is 229 g/mol. The van der Waals surface area contributed by atoms with Gasteiger partial charge >= 0.3 is 0 Å². The van der Waals surface area contributed by atoms with Gasteiger partial charge in [0.2, 0.25) is 0 Å². The number of rotatable bonds is 5.